The Kier molecular flexibility index (Phi) is 3.24. The number of rotatable bonds is 2. The highest BCUT2D eigenvalue weighted by atomic mass is 15.3. The summed E-state index contributed by atoms with van der Waals surface area (Å²) < 4.78 is 1.97. The van der Waals surface area contributed by atoms with Crippen LogP contribution in [0.4, 0.5) is 11.8 Å². The molecule has 0 aliphatic carbocycles. The number of fused-ring (bicyclic) bond motifs is 1. The Morgan fingerprint density at radius 2 is 1.65 bits per heavy atom. The zero-order valence-electron chi connectivity index (χ0n) is 12.4. The van der Waals surface area contributed by atoms with E-state index in [1.165, 1.54) is 0 Å². The molecule has 1 saturated heterocycles. The van der Waals surface area contributed by atoms with Gasteiger partial charge in [-0.1, -0.05) is 0 Å². The number of nitrogens with zero attached hydrogens (tertiary/aromatic N) is 8. The number of aromatic nitrogens is 5. The van der Waals surface area contributed by atoms with Crippen molar-refractivity contribution in [1.29, 1.82) is 5.26 Å². The minimum absolute atomic E-state index is 0.390. The van der Waals surface area contributed by atoms with Crippen molar-refractivity contribution in [2.75, 3.05) is 36.0 Å². The topological polar surface area (TPSA) is 86.2 Å². The van der Waals surface area contributed by atoms with Crippen LogP contribution in [0.25, 0.3) is 5.65 Å². The lowest BCUT2D eigenvalue weighted by atomic mass is 10.3. The number of nitriles is 1. The Morgan fingerprint density at radius 3 is 2.43 bits per heavy atom. The highest BCUT2D eigenvalue weighted by molar-refractivity contribution is 5.64. The van der Waals surface area contributed by atoms with Crippen molar-refractivity contribution in [1.82, 2.24) is 24.3 Å². The third-order valence-corrected chi connectivity index (χ3v) is 3.91. The molecule has 0 radical (unpaired) electrons. The molecule has 3 aromatic rings. The maximum atomic E-state index is 8.95. The summed E-state index contributed by atoms with van der Waals surface area (Å²) in [5.74, 6) is 1.50. The molecule has 0 unspecified atom stereocenters. The molecule has 0 atom stereocenters. The van der Waals surface area contributed by atoms with E-state index in [0.717, 1.165) is 37.6 Å². The third-order valence-electron chi connectivity index (χ3n) is 3.91. The van der Waals surface area contributed by atoms with Gasteiger partial charge in [0.2, 0.25) is 5.95 Å². The second-order valence-electron chi connectivity index (χ2n) is 5.24. The van der Waals surface area contributed by atoms with Gasteiger partial charge in [0.25, 0.3) is 0 Å². The van der Waals surface area contributed by atoms with Crippen LogP contribution in [0.15, 0.2) is 37.1 Å². The van der Waals surface area contributed by atoms with Gasteiger partial charge in [0.15, 0.2) is 11.5 Å². The molecule has 1 fully saturated rings. The average Bonchev–Trinajstić information content (AvgIpc) is 3.11. The molecule has 0 amide bonds. The lowest BCUT2D eigenvalue weighted by Crippen LogP contribution is -2.47. The smallest absolute Gasteiger partial charge is 0.226 e. The van der Waals surface area contributed by atoms with E-state index in [4.69, 9.17) is 5.26 Å². The summed E-state index contributed by atoms with van der Waals surface area (Å²) in [6.45, 7) is 3.16. The molecule has 3 aromatic heterocycles. The van der Waals surface area contributed by atoms with Gasteiger partial charge in [0.1, 0.15) is 11.8 Å². The fourth-order valence-electron chi connectivity index (χ4n) is 2.74. The van der Waals surface area contributed by atoms with Crippen LogP contribution < -0.4 is 9.80 Å². The fraction of sp³-hybridized carbons (Fsp3) is 0.267. The summed E-state index contributed by atoms with van der Waals surface area (Å²) in [5.41, 5.74) is 1.25. The maximum Gasteiger partial charge on any atom is 0.226 e. The van der Waals surface area contributed by atoms with Crippen LogP contribution in [0, 0.1) is 11.3 Å². The highest BCUT2D eigenvalue weighted by Crippen LogP contribution is 2.20. The van der Waals surface area contributed by atoms with Gasteiger partial charge in [-0.15, -0.1) is 0 Å². The molecular weight excluding hydrogens is 292 g/mol. The van der Waals surface area contributed by atoms with E-state index >= 15 is 0 Å². The summed E-state index contributed by atoms with van der Waals surface area (Å²) in [4.78, 5) is 21.7. The molecule has 114 valence electrons. The largest absolute Gasteiger partial charge is 0.350 e. The van der Waals surface area contributed by atoms with Crippen LogP contribution >= 0.6 is 0 Å². The first kappa shape index (κ1) is 13.5. The monoisotopic (exact) mass is 306 g/mol. The van der Waals surface area contributed by atoms with Crippen LogP contribution in [-0.4, -0.2) is 50.5 Å². The first-order valence-corrected chi connectivity index (χ1v) is 7.36. The van der Waals surface area contributed by atoms with Crippen molar-refractivity contribution in [3.8, 4) is 6.07 Å². The lowest BCUT2D eigenvalue weighted by Gasteiger charge is -2.35. The molecule has 0 saturated carbocycles. The fourth-order valence-corrected chi connectivity index (χ4v) is 2.74. The summed E-state index contributed by atoms with van der Waals surface area (Å²) in [6, 6.07) is 3.66. The summed E-state index contributed by atoms with van der Waals surface area (Å²) in [5, 5.41) is 8.95. The molecule has 23 heavy (non-hydrogen) atoms. The van der Waals surface area contributed by atoms with Crippen molar-refractivity contribution in [3.63, 3.8) is 0 Å². The lowest BCUT2D eigenvalue weighted by molar-refractivity contribution is 0.634. The van der Waals surface area contributed by atoms with Crippen molar-refractivity contribution < 1.29 is 0 Å². The molecule has 1 aliphatic heterocycles. The van der Waals surface area contributed by atoms with Gasteiger partial charge >= 0.3 is 0 Å². The molecule has 8 nitrogen and oxygen atoms in total. The predicted octanol–water partition coefficient (Wildman–Crippen LogP) is 0.718. The van der Waals surface area contributed by atoms with Gasteiger partial charge < -0.3 is 14.2 Å². The van der Waals surface area contributed by atoms with Crippen LogP contribution in [0.3, 0.4) is 0 Å². The van der Waals surface area contributed by atoms with E-state index in [-0.39, 0.29) is 0 Å². The van der Waals surface area contributed by atoms with E-state index in [0.29, 0.717) is 11.6 Å². The third kappa shape index (κ3) is 2.42. The van der Waals surface area contributed by atoms with Gasteiger partial charge in [0, 0.05) is 57.2 Å². The van der Waals surface area contributed by atoms with Crippen LogP contribution in [0.5, 0.6) is 0 Å². The molecule has 0 aromatic carbocycles. The number of imidazole rings is 1. The molecule has 0 bridgehead atoms. The minimum atomic E-state index is 0.390. The normalized spacial score (nSPS) is 14.9. The molecule has 4 rings (SSSR count). The average molecular weight is 306 g/mol. The van der Waals surface area contributed by atoms with E-state index in [9.17, 15) is 0 Å². The number of piperazine rings is 1. The first-order valence-electron chi connectivity index (χ1n) is 7.36. The Labute approximate surface area is 132 Å². The summed E-state index contributed by atoms with van der Waals surface area (Å²) in [6.07, 6.45) is 9.00. The van der Waals surface area contributed by atoms with Gasteiger partial charge in [-0.2, -0.15) is 5.26 Å². The standard InChI is InChI=1S/C15H14N8/c16-11-12-1-2-19-15(20-12)23-9-7-22(8-10-23)14-13-17-3-5-21(13)6-4-18-14/h1-6H,7-10H2. The SMILES string of the molecule is N#Cc1ccnc(N2CCN(c3nccn4ccnc34)CC2)n1. The summed E-state index contributed by atoms with van der Waals surface area (Å²) >= 11 is 0. The molecule has 1 aliphatic rings. The van der Waals surface area contributed by atoms with E-state index < -0.39 is 0 Å². The Hall–Kier alpha value is -3.21. The van der Waals surface area contributed by atoms with Crippen molar-refractivity contribution in [2.45, 2.75) is 0 Å². The van der Waals surface area contributed by atoms with Crippen LogP contribution in [-0.2, 0) is 0 Å². The zero-order valence-corrected chi connectivity index (χ0v) is 12.4. The van der Waals surface area contributed by atoms with Crippen molar-refractivity contribution in [2.24, 2.45) is 0 Å². The van der Waals surface area contributed by atoms with Crippen LogP contribution in [0.2, 0.25) is 0 Å². The second-order valence-corrected chi connectivity index (χ2v) is 5.24. The maximum absolute atomic E-state index is 8.95. The number of hydrogen-bond donors (Lipinski definition) is 0. The van der Waals surface area contributed by atoms with E-state index in [1.807, 2.05) is 22.9 Å². The highest BCUT2D eigenvalue weighted by Gasteiger charge is 2.22. The summed E-state index contributed by atoms with van der Waals surface area (Å²) in [7, 11) is 0. The predicted molar refractivity (Wildman–Crippen MR) is 84.2 cm³/mol. The molecule has 0 spiro atoms. The van der Waals surface area contributed by atoms with E-state index in [2.05, 4.69) is 29.7 Å². The first-order chi connectivity index (χ1) is 11.3. The second kappa shape index (κ2) is 5.53. The zero-order chi connectivity index (χ0) is 15.6. The Morgan fingerprint density at radius 1 is 0.913 bits per heavy atom. The molecule has 8 heteroatoms. The number of hydrogen-bond acceptors (Lipinski definition) is 7. The van der Waals surface area contributed by atoms with Gasteiger partial charge in [-0.05, 0) is 6.07 Å². The van der Waals surface area contributed by atoms with E-state index in [1.54, 1.807) is 24.7 Å². The Bertz CT molecular complexity index is 872. The molecule has 0 N–H and O–H groups in total. The van der Waals surface area contributed by atoms with Crippen molar-refractivity contribution >= 4 is 17.4 Å². The number of anilines is 2. The van der Waals surface area contributed by atoms with Gasteiger partial charge in [-0.3, -0.25) is 0 Å². The van der Waals surface area contributed by atoms with Gasteiger partial charge in [0.05, 0.1) is 0 Å². The van der Waals surface area contributed by atoms with Crippen molar-refractivity contribution in [3.05, 3.63) is 42.7 Å². The quantitative estimate of drug-likeness (QED) is 0.689. The minimum Gasteiger partial charge on any atom is -0.350 e. The molecular formula is C15H14N8. The van der Waals surface area contributed by atoms with Crippen LogP contribution in [0.1, 0.15) is 5.69 Å². The molecule has 4 heterocycles. The Balaban J connectivity index is 1.53. The van der Waals surface area contributed by atoms with Gasteiger partial charge in [-0.25, -0.2) is 19.9 Å².